The first kappa shape index (κ1) is 20.3. The Hall–Kier alpha value is -2.99. The Balaban J connectivity index is 2.06. The monoisotopic (exact) mass is 389 g/mol. The molecule has 0 aromatic heterocycles. The van der Waals surface area contributed by atoms with Gasteiger partial charge in [0, 0.05) is 11.8 Å². The lowest BCUT2D eigenvalue weighted by Crippen LogP contribution is -2.09. The summed E-state index contributed by atoms with van der Waals surface area (Å²) in [6, 6.07) is 9.90. The molecular weight excluding hydrogens is 370 g/mol. The van der Waals surface area contributed by atoms with Gasteiger partial charge in [-0.2, -0.15) is 0 Å². The van der Waals surface area contributed by atoms with Crippen LogP contribution in [0.2, 0.25) is 5.02 Å². The molecule has 1 amide bonds. The number of halogens is 1. The van der Waals surface area contributed by atoms with Crippen molar-refractivity contribution in [3.8, 4) is 11.5 Å². The van der Waals surface area contributed by atoms with Gasteiger partial charge < -0.3 is 19.5 Å². The number of hydrogen-bond acceptors (Lipinski definition) is 5. The molecule has 2 aromatic carbocycles. The van der Waals surface area contributed by atoms with Crippen LogP contribution in [0.3, 0.4) is 0 Å². The smallest absolute Gasteiger partial charge is 0.339 e. The van der Waals surface area contributed by atoms with Gasteiger partial charge in [-0.05, 0) is 48.9 Å². The van der Waals surface area contributed by atoms with E-state index < -0.39 is 5.97 Å². The molecule has 142 valence electrons. The predicted octanol–water partition coefficient (Wildman–Crippen LogP) is 4.19. The molecule has 0 unspecified atom stereocenters. The van der Waals surface area contributed by atoms with E-state index >= 15 is 0 Å². The van der Waals surface area contributed by atoms with Gasteiger partial charge in [-0.3, -0.25) is 4.79 Å². The Morgan fingerprint density at radius 1 is 1.07 bits per heavy atom. The second-order valence-corrected chi connectivity index (χ2v) is 5.76. The third-order valence-electron chi connectivity index (χ3n) is 3.57. The van der Waals surface area contributed by atoms with E-state index in [2.05, 4.69) is 5.32 Å². The fraction of sp³-hybridized carbons (Fsp3) is 0.200. The van der Waals surface area contributed by atoms with Gasteiger partial charge in [-0.25, -0.2) is 4.79 Å². The first-order valence-electron chi connectivity index (χ1n) is 8.16. The van der Waals surface area contributed by atoms with Crippen molar-refractivity contribution < 1.29 is 23.8 Å². The summed E-state index contributed by atoms with van der Waals surface area (Å²) in [7, 11) is 3.10. The molecule has 2 rings (SSSR count). The van der Waals surface area contributed by atoms with Crippen molar-refractivity contribution in [2.75, 3.05) is 26.1 Å². The molecule has 1 N–H and O–H groups in total. The topological polar surface area (TPSA) is 73.9 Å². The molecule has 0 heterocycles. The number of benzene rings is 2. The second-order valence-electron chi connectivity index (χ2n) is 5.35. The number of methoxy groups -OCH3 is 2. The minimum atomic E-state index is -0.506. The van der Waals surface area contributed by atoms with Crippen LogP contribution in [0, 0.1) is 0 Å². The quantitative estimate of drug-likeness (QED) is 0.567. The predicted molar refractivity (Wildman–Crippen MR) is 105 cm³/mol. The van der Waals surface area contributed by atoms with E-state index in [4.69, 9.17) is 25.8 Å². The summed E-state index contributed by atoms with van der Waals surface area (Å²) < 4.78 is 15.3. The maximum Gasteiger partial charge on any atom is 0.339 e. The first-order chi connectivity index (χ1) is 13.0. The Labute approximate surface area is 162 Å². The Morgan fingerprint density at radius 3 is 2.44 bits per heavy atom. The largest absolute Gasteiger partial charge is 0.493 e. The highest BCUT2D eigenvalue weighted by atomic mass is 35.5. The zero-order valence-electron chi connectivity index (χ0n) is 15.2. The summed E-state index contributed by atoms with van der Waals surface area (Å²) in [5, 5.41) is 2.89. The maximum atomic E-state index is 12.1. The van der Waals surface area contributed by atoms with Crippen LogP contribution in [0.15, 0.2) is 42.5 Å². The van der Waals surface area contributed by atoms with Gasteiger partial charge in [0.15, 0.2) is 11.5 Å². The number of hydrogen-bond donors (Lipinski definition) is 1. The van der Waals surface area contributed by atoms with Crippen molar-refractivity contribution in [1.29, 1.82) is 0 Å². The minimum Gasteiger partial charge on any atom is -0.493 e. The zero-order valence-corrected chi connectivity index (χ0v) is 16.0. The van der Waals surface area contributed by atoms with Gasteiger partial charge in [0.25, 0.3) is 0 Å². The number of anilines is 1. The van der Waals surface area contributed by atoms with Crippen LogP contribution in [0.4, 0.5) is 5.69 Å². The van der Waals surface area contributed by atoms with Gasteiger partial charge in [-0.15, -0.1) is 0 Å². The highest BCUT2D eigenvalue weighted by Crippen LogP contribution is 2.28. The number of ether oxygens (including phenoxy) is 3. The van der Waals surface area contributed by atoms with E-state index in [1.165, 1.54) is 18.2 Å². The van der Waals surface area contributed by atoms with E-state index in [9.17, 15) is 9.59 Å². The van der Waals surface area contributed by atoms with Crippen LogP contribution < -0.4 is 14.8 Å². The number of rotatable bonds is 7. The van der Waals surface area contributed by atoms with Crippen molar-refractivity contribution in [3.05, 3.63) is 58.6 Å². The first-order valence-corrected chi connectivity index (χ1v) is 8.54. The fourth-order valence-electron chi connectivity index (χ4n) is 2.28. The van der Waals surface area contributed by atoms with Crippen molar-refractivity contribution >= 4 is 35.2 Å². The average Bonchev–Trinajstić information content (AvgIpc) is 2.66. The molecule has 0 bridgehead atoms. The third-order valence-corrected chi connectivity index (χ3v) is 3.88. The molecule has 0 saturated carbocycles. The number of esters is 1. The second kappa shape index (κ2) is 9.64. The van der Waals surface area contributed by atoms with Gasteiger partial charge in [0.05, 0.1) is 31.4 Å². The number of amides is 1. The highest BCUT2D eigenvalue weighted by molar-refractivity contribution is 6.34. The summed E-state index contributed by atoms with van der Waals surface area (Å²) in [4.78, 5) is 23.8. The number of carbonyl (C=O) groups excluding carboxylic acids is 2. The number of carbonyl (C=O) groups is 2. The van der Waals surface area contributed by atoms with Crippen molar-refractivity contribution in [2.24, 2.45) is 0 Å². The zero-order chi connectivity index (χ0) is 19.8. The lowest BCUT2D eigenvalue weighted by molar-refractivity contribution is -0.111. The molecule has 0 saturated heterocycles. The van der Waals surface area contributed by atoms with Crippen molar-refractivity contribution in [2.45, 2.75) is 6.92 Å². The van der Waals surface area contributed by atoms with Crippen LogP contribution in [-0.2, 0) is 9.53 Å². The minimum absolute atomic E-state index is 0.204. The molecule has 0 spiro atoms. The summed E-state index contributed by atoms with van der Waals surface area (Å²) in [5.74, 6) is 0.329. The molecule has 0 aliphatic heterocycles. The molecule has 7 heteroatoms. The molecule has 27 heavy (non-hydrogen) atoms. The molecule has 0 radical (unpaired) electrons. The molecular formula is C20H20ClNO5. The third kappa shape index (κ3) is 5.49. The molecule has 6 nitrogen and oxygen atoms in total. The summed E-state index contributed by atoms with van der Waals surface area (Å²) >= 11 is 6.08. The summed E-state index contributed by atoms with van der Waals surface area (Å²) in [6.07, 6.45) is 3.03. The SMILES string of the molecule is CCOC(=O)c1ccc(NC(=O)/C=C/c2ccc(OC)c(OC)c2)cc1Cl. The standard InChI is InChI=1S/C20H20ClNO5/c1-4-27-20(24)15-8-7-14(12-16(15)21)22-19(23)10-6-13-5-9-17(25-2)18(11-13)26-3/h5-12H,4H2,1-3H3,(H,22,23)/b10-6+. The van der Waals surface area contributed by atoms with E-state index in [0.29, 0.717) is 17.2 Å². The number of nitrogens with one attached hydrogen (secondary N) is 1. The van der Waals surface area contributed by atoms with Crippen LogP contribution in [0.1, 0.15) is 22.8 Å². The molecule has 0 aliphatic rings. The molecule has 2 aromatic rings. The van der Waals surface area contributed by atoms with Crippen LogP contribution >= 0.6 is 11.6 Å². The van der Waals surface area contributed by atoms with Crippen molar-refractivity contribution in [3.63, 3.8) is 0 Å². The van der Waals surface area contributed by atoms with Crippen LogP contribution in [0.5, 0.6) is 11.5 Å². The molecule has 0 fully saturated rings. The van der Waals surface area contributed by atoms with Crippen LogP contribution in [0.25, 0.3) is 6.08 Å². The summed E-state index contributed by atoms with van der Waals surface area (Å²) in [5.41, 5.74) is 1.49. The average molecular weight is 390 g/mol. The van der Waals surface area contributed by atoms with Crippen LogP contribution in [-0.4, -0.2) is 32.7 Å². The van der Waals surface area contributed by atoms with Gasteiger partial charge in [0.1, 0.15) is 0 Å². The molecule has 0 aliphatic carbocycles. The van der Waals surface area contributed by atoms with E-state index in [1.807, 2.05) is 0 Å². The van der Waals surface area contributed by atoms with Gasteiger partial charge in [0.2, 0.25) is 5.91 Å². The Morgan fingerprint density at radius 2 is 1.81 bits per heavy atom. The maximum absolute atomic E-state index is 12.1. The Bertz CT molecular complexity index is 863. The lowest BCUT2D eigenvalue weighted by Gasteiger charge is -2.08. The van der Waals surface area contributed by atoms with Gasteiger partial charge >= 0.3 is 5.97 Å². The Kier molecular flexibility index (Phi) is 7.25. The van der Waals surface area contributed by atoms with E-state index in [0.717, 1.165) is 5.56 Å². The van der Waals surface area contributed by atoms with Crippen molar-refractivity contribution in [1.82, 2.24) is 0 Å². The van der Waals surface area contributed by atoms with E-state index in [1.54, 1.807) is 51.5 Å². The van der Waals surface area contributed by atoms with Gasteiger partial charge in [-0.1, -0.05) is 17.7 Å². The molecule has 0 atom stereocenters. The fourth-order valence-corrected chi connectivity index (χ4v) is 2.54. The lowest BCUT2D eigenvalue weighted by atomic mass is 10.2. The van der Waals surface area contributed by atoms with E-state index in [-0.39, 0.29) is 23.1 Å². The highest BCUT2D eigenvalue weighted by Gasteiger charge is 2.12. The summed E-state index contributed by atoms with van der Waals surface area (Å²) in [6.45, 7) is 1.97. The normalized spacial score (nSPS) is 10.5.